The highest BCUT2D eigenvalue weighted by atomic mass is 15.2. The third kappa shape index (κ3) is 2.11. The van der Waals surface area contributed by atoms with Crippen molar-refractivity contribution in [1.29, 1.82) is 0 Å². The second kappa shape index (κ2) is 4.96. The van der Waals surface area contributed by atoms with Gasteiger partial charge in [0.15, 0.2) is 11.5 Å². The summed E-state index contributed by atoms with van der Waals surface area (Å²) in [5.74, 6) is 1.48. The van der Waals surface area contributed by atoms with Gasteiger partial charge >= 0.3 is 0 Å². The first-order valence-electron chi connectivity index (χ1n) is 7.51. The molecule has 0 atom stereocenters. The van der Waals surface area contributed by atoms with Gasteiger partial charge in [-0.2, -0.15) is 0 Å². The Hall–Kier alpha value is -1.78. The molecule has 0 amide bonds. The third-order valence-electron chi connectivity index (χ3n) is 5.00. The minimum atomic E-state index is 0.516. The molecule has 2 N–H and O–H groups in total. The summed E-state index contributed by atoms with van der Waals surface area (Å²) in [5.41, 5.74) is 7.33. The quantitative estimate of drug-likeness (QED) is 0.934. The topological polar surface area (TPSA) is 59.5 Å². The van der Waals surface area contributed by atoms with E-state index in [2.05, 4.69) is 28.7 Å². The standard InChI is InChI=1S/C15H23N5/c1-3-15(4-2)5-8-19(9-6-15)14-13-17-7-10-20(13)11-12(16)18-14/h7,10-11H,3-6,8-9,16H2,1-2H3. The minimum Gasteiger partial charge on any atom is -0.382 e. The summed E-state index contributed by atoms with van der Waals surface area (Å²) >= 11 is 0. The van der Waals surface area contributed by atoms with E-state index in [0.29, 0.717) is 11.2 Å². The van der Waals surface area contributed by atoms with Gasteiger partial charge in [0.05, 0.1) is 6.20 Å². The van der Waals surface area contributed by atoms with Crippen LogP contribution in [-0.2, 0) is 0 Å². The SMILES string of the molecule is CCC1(CC)CCN(c2nc(N)cn3ccnc23)CC1. The van der Waals surface area contributed by atoms with Crippen LogP contribution in [-0.4, -0.2) is 27.5 Å². The van der Waals surface area contributed by atoms with Crippen LogP contribution in [0.1, 0.15) is 39.5 Å². The normalized spacial score (nSPS) is 18.6. The van der Waals surface area contributed by atoms with Crippen molar-refractivity contribution in [3.05, 3.63) is 18.6 Å². The molecular weight excluding hydrogens is 250 g/mol. The van der Waals surface area contributed by atoms with E-state index in [1.165, 1.54) is 25.7 Å². The van der Waals surface area contributed by atoms with Gasteiger partial charge in [0.25, 0.3) is 0 Å². The smallest absolute Gasteiger partial charge is 0.180 e. The molecule has 5 heteroatoms. The van der Waals surface area contributed by atoms with Crippen molar-refractivity contribution in [2.24, 2.45) is 5.41 Å². The molecule has 2 aromatic rings. The van der Waals surface area contributed by atoms with E-state index in [-0.39, 0.29) is 0 Å². The fourth-order valence-corrected chi connectivity index (χ4v) is 3.30. The van der Waals surface area contributed by atoms with E-state index in [4.69, 9.17) is 5.73 Å². The van der Waals surface area contributed by atoms with Gasteiger partial charge in [-0.25, -0.2) is 9.97 Å². The molecule has 3 rings (SSSR count). The Kier molecular flexibility index (Phi) is 3.28. The Bertz CT molecular complexity index is 589. The molecule has 5 nitrogen and oxygen atoms in total. The Morgan fingerprint density at radius 1 is 1.25 bits per heavy atom. The first kappa shape index (κ1) is 13.2. The number of nitrogen functional groups attached to an aromatic ring is 1. The van der Waals surface area contributed by atoms with Crippen molar-refractivity contribution in [3.63, 3.8) is 0 Å². The van der Waals surface area contributed by atoms with E-state index in [1.807, 2.05) is 16.8 Å². The van der Waals surface area contributed by atoms with E-state index in [0.717, 1.165) is 24.6 Å². The number of nitrogens with two attached hydrogens (primary N) is 1. The highest BCUT2D eigenvalue weighted by molar-refractivity contribution is 5.66. The first-order valence-corrected chi connectivity index (χ1v) is 7.51. The lowest BCUT2D eigenvalue weighted by atomic mass is 9.74. The Labute approximate surface area is 119 Å². The van der Waals surface area contributed by atoms with Crippen molar-refractivity contribution < 1.29 is 0 Å². The van der Waals surface area contributed by atoms with Crippen molar-refractivity contribution in [2.75, 3.05) is 23.7 Å². The molecule has 0 saturated carbocycles. The number of anilines is 2. The molecule has 20 heavy (non-hydrogen) atoms. The summed E-state index contributed by atoms with van der Waals surface area (Å²) in [6, 6.07) is 0. The van der Waals surface area contributed by atoms with Crippen molar-refractivity contribution in [3.8, 4) is 0 Å². The van der Waals surface area contributed by atoms with Crippen LogP contribution in [0.3, 0.4) is 0 Å². The van der Waals surface area contributed by atoms with Gasteiger partial charge in [0.2, 0.25) is 0 Å². The molecule has 1 aliphatic heterocycles. The van der Waals surface area contributed by atoms with Crippen LogP contribution in [0.4, 0.5) is 11.6 Å². The van der Waals surface area contributed by atoms with Crippen LogP contribution in [0, 0.1) is 5.41 Å². The summed E-state index contributed by atoms with van der Waals surface area (Å²) < 4.78 is 1.96. The molecule has 0 spiro atoms. The fraction of sp³-hybridized carbons (Fsp3) is 0.600. The van der Waals surface area contributed by atoms with E-state index >= 15 is 0 Å². The molecule has 0 aromatic carbocycles. The maximum Gasteiger partial charge on any atom is 0.180 e. The van der Waals surface area contributed by atoms with Crippen molar-refractivity contribution in [2.45, 2.75) is 39.5 Å². The second-order valence-electron chi connectivity index (χ2n) is 5.84. The molecular formula is C15H23N5. The van der Waals surface area contributed by atoms with Gasteiger partial charge in [0.1, 0.15) is 5.82 Å². The zero-order chi connectivity index (χ0) is 14.2. The number of hydrogen-bond acceptors (Lipinski definition) is 4. The van der Waals surface area contributed by atoms with E-state index in [1.54, 1.807) is 6.20 Å². The van der Waals surface area contributed by atoms with Gasteiger partial charge in [-0.1, -0.05) is 26.7 Å². The maximum atomic E-state index is 5.91. The zero-order valence-corrected chi connectivity index (χ0v) is 12.3. The van der Waals surface area contributed by atoms with Crippen molar-refractivity contribution in [1.82, 2.24) is 14.4 Å². The van der Waals surface area contributed by atoms with E-state index < -0.39 is 0 Å². The largest absolute Gasteiger partial charge is 0.382 e. The monoisotopic (exact) mass is 273 g/mol. The highest BCUT2D eigenvalue weighted by Crippen LogP contribution is 2.39. The van der Waals surface area contributed by atoms with E-state index in [9.17, 15) is 0 Å². The fourth-order valence-electron chi connectivity index (χ4n) is 3.30. The van der Waals surface area contributed by atoms with Crippen molar-refractivity contribution >= 4 is 17.3 Å². The predicted octanol–water partition coefficient (Wildman–Crippen LogP) is 2.72. The van der Waals surface area contributed by atoms with Crippen LogP contribution in [0.2, 0.25) is 0 Å². The average molecular weight is 273 g/mol. The average Bonchev–Trinajstić information content (AvgIpc) is 2.94. The first-order chi connectivity index (χ1) is 9.67. The van der Waals surface area contributed by atoms with Gasteiger partial charge in [-0.05, 0) is 18.3 Å². The van der Waals surface area contributed by atoms with Gasteiger partial charge in [-0.3, -0.25) is 0 Å². The van der Waals surface area contributed by atoms with Crippen LogP contribution in [0.15, 0.2) is 18.6 Å². The molecule has 108 valence electrons. The minimum absolute atomic E-state index is 0.516. The molecule has 1 aliphatic rings. The third-order valence-corrected chi connectivity index (χ3v) is 5.00. The Morgan fingerprint density at radius 2 is 1.95 bits per heavy atom. The summed E-state index contributed by atoms with van der Waals surface area (Å²) in [4.78, 5) is 11.3. The number of piperidine rings is 1. The molecule has 0 aliphatic carbocycles. The summed E-state index contributed by atoms with van der Waals surface area (Å²) in [6.45, 7) is 6.71. The number of aromatic nitrogens is 3. The van der Waals surface area contributed by atoms with Crippen LogP contribution in [0.25, 0.3) is 5.65 Å². The lowest BCUT2D eigenvalue weighted by Gasteiger charge is -2.41. The molecule has 1 fully saturated rings. The number of imidazole rings is 1. The van der Waals surface area contributed by atoms with Gasteiger partial charge in [-0.15, -0.1) is 0 Å². The number of rotatable bonds is 3. The van der Waals surface area contributed by atoms with Crippen LogP contribution in [0.5, 0.6) is 0 Å². The molecule has 2 aromatic heterocycles. The molecule has 3 heterocycles. The highest BCUT2D eigenvalue weighted by Gasteiger charge is 2.32. The second-order valence-corrected chi connectivity index (χ2v) is 5.84. The summed E-state index contributed by atoms with van der Waals surface area (Å²) in [5, 5.41) is 0. The summed E-state index contributed by atoms with van der Waals surface area (Å²) in [6.07, 6.45) is 10.5. The van der Waals surface area contributed by atoms with Crippen LogP contribution >= 0.6 is 0 Å². The van der Waals surface area contributed by atoms with Crippen LogP contribution < -0.4 is 10.6 Å². The molecule has 0 radical (unpaired) electrons. The Morgan fingerprint density at radius 3 is 2.60 bits per heavy atom. The lowest BCUT2D eigenvalue weighted by molar-refractivity contribution is 0.199. The van der Waals surface area contributed by atoms with Gasteiger partial charge < -0.3 is 15.0 Å². The molecule has 0 bridgehead atoms. The predicted molar refractivity (Wildman–Crippen MR) is 81.9 cm³/mol. The zero-order valence-electron chi connectivity index (χ0n) is 12.3. The number of nitrogens with zero attached hydrogens (tertiary/aromatic N) is 4. The Balaban J connectivity index is 1.88. The maximum absolute atomic E-state index is 5.91. The number of fused-ring (bicyclic) bond motifs is 1. The van der Waals surface area contributed by atoms with Gasteiger partial charge in [0, 0.05) is 25.5 Å². The number of hydrogen-bond donors (Lipinski definition) is 1. The molecule has 0 unspecified atom stereocenters. The summed E-state index contributed by atoms with van der Waals surface area (Å²) in [7, 11) is 0. The molecule has 1 saturated heterocycles. The lowest BCUT2D eigenvalue weighted by Crippen LogP contribution is -2.40.